The van der Waals surface area contributed by atoms with Crippen LogP contribution in [0.2, 0.25) is 0 Å². The molecule has 2 rings (SSSR count). The van der Waals surface area contributed by atoms with Crippen molar-refractivity contribution >= 4 is 17.7 Å². The molecule has 2 N–H and O–H groups in total. The van der Waals surface area contributed by atoms with Crippen molar-refractivity contribution < 1.29 is 23.8 Å². The minimum Gasteiger partial charge on any atom is -0.478 e. The lowest BCUT2D eigenvalue weighted by atomic mass is 10.1. The third kappa shape index (κ3) is 3.30. The molecule has 0 radical (unpaired) electrons. The average Bonchev–Trinajstić information content (AvgIpc) is 2.43. The number of urea groups is 1. The maximum atomic E-state index is 13.8. The summed E-state index contributed by atoms with van der Waals surface area (Å²) < 4.78 is 19.2. The van der Waals surface area contributed by atoms with Gasteiger partial charge in [-0.25, -0.2) is 14.0 Å². The molecular weight excluding hydrogens is 279 g/mol. The van der Waals surface area contributed by atoms with Gasteiger partial charge in [0.1, 0.15) is 5.82 Å². The maximum absolute atomic E-state index is 13.8. The van der Waals surface area contributed by atoms with Crippen LogP contribution >= 0.6 is 0 Å². The first-order chi connectivity index (χ1) is 9.90. The van der Waals surface area contributed by atoms with Crippen LogP contribution in [-0.4, -0.2) is 47.3 Å². The number of para-hydroxylation sites is 1. The van der Waals surface area contributed by atoms with Crippen molar-refractivity contribution in [1.82, 2.24) is 4.90 Å². The molecule has 1 fully saturated rings. The Kier molecular flexibility index (Phi) is 4.42. The van der Waals surface area contributed by atoms with Gasteiger partial charge in [-0.05, 0) is 26.0 Å². The molecule has 0 bridgehead atoms. The normalized spacial score (nSPS) is 22.0. The predicted octanol–water partition coefficient (Wildman–Crippen LogP) is 2.17. The van der Waals surface area contributed by atoms with Gasteiger partial charge >= 0.3 is 12.0 Å². The zero-order valence-electron chi connectivity index (χ0n) is 11.8. The van der Waals surface area contributed by atoms with Gasteiger partial charge in [-0.1, -0.05) is 6.07 Å². The quantitative estimate of drug-likeness (QED) is 0.876. The summed E-state index contributed by atoms with van der Waals surface area (Å²) in [5.41, 5.74) is -0.598. The Balaban J connectivity index is 2.21. The van der Waals surface area contributed by atoms with Crippen LogP contribution in [0.4, 0.5) is 14.9 Å². The van der Waals surface area contributed by atoms with Crippen LogP contribution < -0.4 is 5.32 Å². The molecule has 7 heteroatoms. The summed E-state index contributed by atoms with van der Waals surface area (Å²) >= 11 is 0. The Morgan fingerprint density at radius 2 is 2.14 bits per heavy atom. The second-order valence-electron chi connectivity index (χ2n) is 5.04. The molecule has 2 amide bonds. The molecule has 6 nitrogen and oxygen atoms in total. The fourth-order valence-corrected chi connectivity index (χ4v) is 2.19. The van der Waals surface area contributed by atoms with E-state index in [9.17, 15) is 14.0 Å². The number of carbonyl (C=O) groups excluding carboxylic acids is 1. The number of benzene rings is 1. The molecule has 1 saturated heterocycles. The molecule has 1 heterocycles. The molecule has 2 unspecified atom stereocenters. The topological polar surface area (TPSA) is 78.9 Å². The molecule has 0 spiro atoms. The monoisotopic (exact) mass is 296 g/mol. The molecule has 114 valence electrons. The summed E-state index contributed by atoms with van der Waals surface area (Å²) in [5, 5.41) is 11.4. The van der Waals surface area contributed by atoms with Gasteiger partial charge in [-0.3, -0.25) is 0 Å². The number of rotatable bonds is 2. The Morgan fingerprint density at radius 3 is 2.81 bits per heavy atom. The Morgan fingerprint density at radius 1 is 1.43 bits per heavy atom. The highest BCUT2D eigenvalue weighted by atomic mass is 19.1. The number of anilines is 1. The van der Waals surface area contributed by atoms with E-state index in [1.807, 2.05) is 13.8 Å². The second kappa shape index (κ2) is 6.09. The molecule has 1 aliphatic rings. The lowest BCUT2D eigenvalue weighted by Gasteiger charge is -2.36. The smallest absolute Gasteiger partial charge is 0.337 e. The van der Waals surface area contributed by atoms with E-state index < -0.39 is 17.8 Å². The van der Waals surface area contributed by atoms with E-state index in [0.29, 0.717) is 13.2 Å². The number of carboxylic acid groups (broad SMARTS) is 1. The van der Waals surface area contributed by atoms with Gasteiger partial charge < -0.3 is 20.1 Å². The lowest BCUT2D eigenvalue weighted by Crippen LogP contribution is -2.51. The zero-order chi connectivity index (χ0) is 15.6. The largest absolute Gasteiger partial charge is 0.478 e. The maximum Gasteiger partial charge on any atom is 0.337 e. The number of halogens is 1. The summed E-state index contributed by atoms with van der Waals surface area (Å²) in [6, 6.07) is 2.93. The van der Waals surface area contributed by atoms with Crippen LogP contribution in [0.1, 0.15) is 24.2 Å². The number of carboxylic acids is 1. The molecule has 2 atom stereocenters. The predicted molar refractivity (Wildman–Crippen MR) is 74.0 cm³/mol. The highest BCUT2D eigenvalue weighted by molar-refractivity contribution is 6.00. The number of hydrogen-bond donors (Lipinski definition) is 2. The van der Waals surface area contributed by atoms with Gasteiger partial charge in [0.25, 0.3) is 0 Å². The molecule has 1 aliphatic heterocycles. The van der Waals surface area contributed by atoms with Gasteiger partial charge in [0.2, 0.25) is 0 Å². The number of nitrogens with zero attached hydrogens (tertiary/aromatic N) is 1. The van der Waals surface area contributed by atoms with E-state index in [1.54, 1.807) is 0 Å². The van der Waals surface area contributed by atoms with Crippen LogP contribution in [0.25, 0.3) is 0 Å². The fourth-order valence-electron chi connectivity index (χ4n) is 2.19. The van der Waals surface area contributed by atoms with E-state index in [1.165, 1.54) is 17.0 Å². The van der Waals surface area contributed by atoms with Crippen LogP contribution in [0.15, 0.2) is 18.2 Å². The molecule has 1 aromatic carbocycles. The number of ether oxygens (including phenoxy) is 1. The van der Waals surface area contributed by atoms with E-state index in [2.05, 4.69) is 5.32 Å². The van der Waals surface area contributed by atoms with Crippen LogP contribution in [0.5, 0.6) is 0 Å². The van der Waals surface area contributed by atoms with Crippen molar-refractivity contribution in [1.29, 1.82) is 0 Å². The van der Waals surface area contributed by atoms with Crippen molar-refractivity contribution in [3.05, 3.63) is 29.6 Å². The van der Waals surface area contributed by atoms with Crippen molar-refractivity contribution in [3.63, 3.8) is 0 Å². The summed E-state index contributed by atoms with van der Waals surface area (Å²) in [6.45, 7) is 4.39. The van der Waals surface area contributed by atoms with E-state index in [4.69, 9.17) is 9.84 Å². The van der Waals surface area contributed by atoms with Crippen molar-refractivity contribution in [2.45, 2.75) is 26.0 Å². The third-order valence-corrected chi connectivity index (χ3v) is 3.34. The number of aromatic carboxylic acids is 1. The number of carbonyl (C=O) groups is 2. The number of morpholine rings is 1. The van der Waals surface area contributed by atoms with Gasteiger partial charge in [0.15, 0.2) is 0 Å². The lowest BCUT2D eigenvalue weighted by molar-refractivity contribution is -0.0296. The number of hydrogen-bond acceptors (Lipinski definition) is 3. The minimum atomic E-state index is -1.30. The Bertz CT molecular complexity index is 564. The first-order valence-corrected chi connectivity index (χ1v) is 6.61. The van der Waals surface area contributed by atoms with E-state index in [0.717, 1.165) is 6.07 Å². The van der Waals surface area contributed by atoms with E-state index in [-0.39, 0.29) is 23.4 Å². The first-order valence-electron chi connectivity index (χ1n) is 6.61. The van der Waals surface area contributed by atoms with E-state index >= 15 is 0 Å². The highest BCUT2D eigenvalue weighted by Crippen LogP contribution is 2.21. The number of amides is 2. The van der Waals surface area contributed by atoms with Crippen LogP contribution in [0.3, 0.4) is 0 Å². The molecule has 21 heavy (non-hydrogen) atoms. The third-order valence-electron chi connectivity index (χ3n) is 3.34. The Labute approximate surface area is 121 Å². The fraction of sp³-hybridized carbons (Fsp3) is 0.429. The summed E-state index contributed by atoms with van der Waals surface area (Å²) in [5.74, 6) is -2.08. The second-order valence-corrected chi connectivity index (χ2v) is 5.04. The minimum absolute atomic E-state index is 0.119. The van der Waals surface area contributed by atoms with Crippen molar-refractivity contribution in [2.24, 2.45) is 0 Å². The van der Waals surface area contributed by atoms with Gasteiger partial charge in [0, 0.05) is 6.54 Å². The van der Waals surface area contributed by atoms with Gasteiger partial charge in [-0.2, -0.15) is 0 Å². The standard InChI is InChI=1S/C14H17FN2O4/c1-8-7-21-9(2)6-17(8)14(20)16-12-10(13(18)19)4-3-5-11(12)15/h3-5,8-9H,6-7H2,1-2H3,(H,16,20)(H,18,19). The molecule has 0 saturated carbocycles. The first kappa shape index (κ1) is 15.2. The molecular formula is C14H17FN2O4. The highest BCUT2D eigenvalue weighted by Gasteiger charge is 2.28. The summed E-state index contributed by atoms with van der Waals surface area (Å²) in [4.78, 5) is 24.9. The van der Waals surface area contributed by atoms with Gasteiger partial charge in [-0.15, -0.1) is 0 Å². The summed E-state index contributed by atoms with van der Waals surface area (Å²) in [6.07, 6.45) is -0.119. The molecule has 0 aromatic heterocycles. The van der Waals surface area contributed by atoms with Crippen LogP contribution in [-0.2, 0) is 4.74 Å². The SMILES string of the molecule is CC1CN(C(=O)Nc2c(F)cccc2C(=O)O)C(C)CO1. The van der Waals surface area contributed by atoms with Crippen molar-refractivity contribution in [2.75, 3.05) is 18.5 Å². The molecule has 1 aromatic rings. The van der Waals surface area contributed by atoms with Crippen LogP contribution in [0, 0.1) is 5.82 Å². The summed E-state index contributed by atoms with van der Waals surface area (Å²) in [7, 11) is 0. The molecule has 0 aliphatic carbocycles. The Hall–Kier alpha value is -2.15. The zero-order valence-corrected chi connectivity index (χ0v) is 11.8. The van der Waals surface area contributed by atoms with Crippen molar-refractivity contribution in [3.8, 4) is 0 Å². The van der Waals surface area contributed by atoms with Gasteiger partial charge in [0.05, 0.1) is 30.0 Å². The number of nitrogens with one attached hydrogen (secondary N) is 1. The average molecular weight is 296 g/mol.